The van der Waals surface area contributed by atoms with Crippen molar-refractivity contribution in [2.24, 2.45) is 11.7 Å². The third kappa shape index (κ3) is 4.81. The Morgan fingerprint density at radius 3 is 2.69 bits per heavy atom. The van der Waals surface area contributed by atoms with Gasteiger partial charge in [-0.2, -0.15) is 0 Å². The second-order valence-electron chi connectivity index (χ2n) is 5.47. The molecule has 1 aliphatic heterocycles. The van der Waals surface area contributed by atoms with Crippen molar-refractivity contribution in [1.29, 1.82) is 0 Å². The van der Waals surface area contributed by atoms with E-state index < -0.39 is 0 Å². The SMILES string of the molecule is CC(CCN)CCCN1CCN(C)CC1C. The zero-order chi connectivity index (χ0) is 12.0. The first-order valence-corrected chi connectivity index (χ1v) is 6.76. The van der Waals surface area contributed by atoms with Crippen LogP contribution in [0.1, 0.15) is 33.1 Å². The van der Waals surface area contributed by atoms with Gasteiger partial charge in [0, 0.05) is 25.7 Å². The van der Waals surface area contributed by atoms with Crippen LogP contribution < -0.4 is 5.73 Å². The van der Waals surface area contributed by atoms with E-state index in [1.807, 2.05) is 0 Å². The van der Waals surface area contributed by atoms with Crippen LogP contribution in [0, 0.1) is 5.92 Å². The Balaban J connectivity index is 2.12. The lowest BCUT2D eigenvalue weighted by Gasteiger charge is -2.38. The summed E-state index contributed by atoms with van der Waals surface area (Å²) in [7, 11) is 2.22. The molecular weight excluding hydrogens is 198 g/mol. The van der Waals surface area contributed by atoms with Gasteiger partial charge in [-0.25, -0.2) is 0 Å². The quantitative estimate of drug-likeness (QED) is 0.744. The maximum absolute atomic E-state index is 5.57. The molecule has 2 atom stereocenters. The number of nitrogens with zero attached hydrogens (tertiary/aromatic N) is 2. The molecule has 1 fully saturated rings. The Morgan fingerprint density at radius 2 is 2.06 bits per heavy atom. The Labute approximate surface area is 101 Å². The van der Waals surface area contributed by atoms with E-state index in [2.05, 4.69) is 30.7 Å². The van der Waals surface area contributed by atoms with Crippen molar-refractivity contribution in [1.82, 2.24) is 9.80 Å². The molecule has 1 saturated heterocycles. The van der Waals surface area contributed by atoms with Crippen molar-refractivity contribution in [3.63, 3.8) is 0 Å². The second kappa shape index (κ2) is 7.25. The molecule has 3 nitrogen and oxygen atoms in total. The van der Waals surface area contributed by atoms with Crippen LogP contribution in [0.3, 0.4) is 0 Å². The van der Waals surface area contributed by atoms with Crippen LogP contribution in [0.25, 0.3) is 0 Å². The van der Waals surface area contributed by atoms with E-state index in [0.717, 1.165) is 18.5 Å². The standard InChI is InChI=1S/C13H29N3/c1-12(6-7-14)5-4-8-16-10-9-15(3)11-13(16)2/h12-13H,4-11,14H2,1-3H3. The summed E-state index contributed by atoms with van der Waals surface area (Å²) in [6.45, 7) is 10.5. The van der Waals surface area contributed by atoms with Crippen LogP contribution in [0.5, 0.6) is 0 Å². The lowest BCUT2D eigenvalue weighted by molar-refractivity contribution is 0.0973. The highest BCUT2D eigenvalue weighted by molar-refractivity contribution is 4.77. The Hall–Kier alpha value is -0.120. The molecule has 2 N–H and O–H groups in total. The zero-order valence-corrected chi connectivity index (χ0v) is 11.3. The molecule has 16 heavy (non-hydrogen) atoms. The fraction of sp³-hybridized carbons (Fsp3) is 1.00. The monoisotopic (exact) mass is 227 g/mol. The van der Waals surface area contributed by atoms with Crippen LogP contribution in [0.4, 0.5) is 0 Å². The van der Waals surface area contributed by atoms with Crippen molar-refractivity contribution >= 4 is 0 Å². The predicted molar refractivity (Wildman–Crippen MR) is 70.6 cm³/mol. The number of piperazine rings is 1. The predicted octanol–water partition coefficient (Wildman–Crippen LogP) is 1.39. The van der Waals surface area contributed by atoms with Gasteiger partial charge < -0.3 is 10.6 Å². The first kappa shape index (κ1) is 13.9. The molecule has 3 heteroatoms. The zero-order valence-electron chi connectivity index (χ0n) is 11.3. The average Bonchev–Trinajstić information content (AvgIpc) is 2.22. The third-order valence-corrected chi connectivity index (χ3v) is 3.77. The molecule has 0 aromatic carbocycles. The second-order valence-corrected chi connectivity index (χ2v) is 5.47. The molecule has 0 amide bonds. The van der Waals surface area contributed by atoms with Crippen LogP contribution in [-0.2, 0) is 0 Å². The van der Waals surface area contributed by atoms with E-state index in [4.69, 9.17) is 5.73 Å². The van der Waals surface area contributed by atoms with Gasteiger partial charge in [0.05, 0.1) is 0 Å². The summed E-state index contributed by atoms with van der Waals surface area (Å²) in [6, 6.07) is 0.726. The van der Waals surface area contributed by atoms with E-state index in [1.54, 1.807) is 0 Å². The Bertz CT molecular complexity index is 184. The number of likely N-dealkylation sites (N-methyl/N-ethyl adjacent to an activating group) is 1. The number of hydrogen-bond donors (Lipinski definition) is 1. The molecule has 96 valence electrons. The van der Waals surface area contributed by atoms with Crippen LogP contribution in [0.15, 0.2) is 0 Å². The minimum atomic E-state index is 0.726. The van der Waals surface area contributed by atoms with E-state index in [-0.39, 0.29) is 0 Å². The molecule has 1 aliphatic rings. The molecule has 0 bridgehead atoms. The van der Waals surface area contributed by atoms with Gasteiger partial charge in [-0.15, -0.1) is 0 Å². The molecule has 0 aromatic rings. The number of nitrogens with two attached hydrogens (primary N) is 1. The molecule has 0 radical (unpaired) electrons. The first-order chi connectivity index (χ1) is 7.63. The summed E-state index contributed by atoms with van der Waals surface area (Å²) >= 11 is 0. The van der Waals surface area contributed by atoms with Crippen molar-refractivity contribution in [3.8, 4) is 0 Å². The molecule has 0 spiro atoms. The topological polar surface area (TPSA) is 32.5 Å². The van der Waals surface area contributed by atoms with Crippen LogP contribution in [0.2, 0.25) is 0 Å². The van der Waals surface area contributed by atoms with E-state index in [1.165, 1.54) is 45.4 Å². The van der Waals surface area contributed by atoms with Crippen molar-refractivity contribution in [2.45, 2.75) is 39.2 Å². The van der Waals surface area contributed by atoms with Crippen molar-refractivity contribution < 1.29 is 0 Å². The Kier molecular flexibility index (Phi) is 6.32. The molecule has 0 aromatic heterocycles. The summed E-state index contributed by atoms with van der Waals surface area (Å²) in [5.41, 5.74) is 5.57. The molecule has 0 saturated carbocycles. The number of rotatable bonds is 6. The minimum Gasteiger partial charge on any atom is -0.330 e. The van der Waals surface area contributed by atoms with Gasteiger partial charge in [0.15, 0.2) is 0 Å². The normalized spacial score (nSPS) is 25.9. The van der Waals surface area contributed by atoms with Crippen LogP contribution in [-0.4, -0.2) is 55.6 Å². The fourth-order valence-corrected chi connectivity index (χ4v) is 2.58. The maximum atomic E-state index is 5.57. The largest absolute Gasteiger partial charge is 0.330 e. The van der Waals surface area contributed by atoms with Gasteiger partial charge in [0.2, 0.25) is 0 Å². The lowest BCUT2D eigenvalue weighted by Crippen LogP contribution is -2.50. The summed E-state index contributed by atoms with van der Waals surface area (Å²) < 4.78 is 0. The molecule has 0 aliphatic carbocycles. The van der Waals surface area contributed by atoms with Gasteiger partial charge in [0.25, 0.3) is 0 Å². The molecule has 1 rings (SSSR count). The highest BCUT2D eigenvalue weighted by Gasteiger charge is 2.20. The molecule has 1 heterocycles. The van der Waals surface area contributed by atoms with Gasteiger partial charge >= 0.3 is 0 Å². The van der Waals surface area contributed by atoms with Gasteiger partial charge in [-0.3, -0.25) is 4.90 Å². The van der Waals surface area contributed by atoms with E-state index >= 15 is 0 Å². The molecular formula is C13H29N3. The van der Waals surface area contributed by atoms with E-state index in [0.29, 0.717) is 0 Å². The van der Waals surface area contributed by atoms with Gasteiger partial charge in [0.1, 0.15) is 0 Å². The first-order valence-electron chi connectivity index (χ1n) is 6.76. The highest BCUT2D eigenvalue weighted by Crippen LogP contribution is 2.13. The summed E-state index contributed by atoms with van der Waals surface area (Å²) in [4.78, 5) is 5.06. The summed E-state index contributed by atoms with van der Waals surface area (Å²) in [5.74, 6) is 0.799. The number of hydrogen-bond acceptors (Lipinski definition) is 3. The lowest BCUT2D eigenvalue weighted by atomic mass is 10.0. The molecule has 2 unspecified atom stereocenters. The van der Waals surface area contributed by atoms with Crippen molar-refractivity contribution in [3.05, 3.63) is 0 Å². The summed E-state index contributed by atoms with van der Waals surface area (Å²) in [6.07, 6.45) is 3.84. The summed E-state index contributed by atoms with van der Waals surface area (Å²) in [5, 5.41) is 0. The average molecular weight is 227 g/mol. The minimum absolute atomic E-state index is 0.726. The maximum Gasteiger partial charge on any atom is 0.0195 e. The fourth-order valence-electron chi connectivity index (χ4n) is 2.58. The third-order valence-electron chi connectivity index (χ3n) is 3.77. The van der Waals surface area contributed by atoms with E-state index in [9.17, 15) is 0 Å². The van der Waals surface area contributed by atoms with Crippen LogP contribution >= 0.6 is 0 Å². The van der Waals surface area contributed by atoms with Crippen molar-refractivity contribution in [2.75, 3.05) is 39.8 Å². The van der Waals surface area contributed by atoms with Gasteiger partial charge in [-0.05, 0) is 52.2 Å². The highest BCUT2D eigenvalue weighted by atomic mass is 15.3. The smallest absolute Gasteiger partial charge is 0.0195 e. The van der Waals surface area contributed by atoms with Gasteiger partial charge in [-0.1, -0.05) is 6.92 Å². The Morgan fingerprint density at radius 1 is 1.31 bits per heavy atom.